The highest BCUT2D eigenvalue weighted by molar-refractivity contribution is 7.14. The van der Waals surface area contributed by atoms with E-state index in [9.17, 15) is 32.3 Å². The molecule has 4 amide bonds. The second-order valence-electron chi connectivity index (χ2n) is 6.95. The lowest BCUT2D eigenvalue weighted by Gasteiger charge is -2.22. The molecule has 176 valence electrons. The molecule has 1 aliphatic rings. The van der Waals surface area contributed by atoms with E-state index in [1.807, 2.05) is 0 Å². The van der Waals surface area contributed by atoms with Crippen LogP contribution in [0.15, 0.2) is 35.7 Å². The van der Waals surface area contributed by atoms with Crippen molar-refractivity contribution in [1.82, 2.24) is 10.2 Å². The third-order valence-corrected chi connectivity index (χ3v) is 5.49. The second-order valence-corrected chi connectivity index (χ2v) is 7.87. The number of thiophene rings is 1. The lowest BCUT2D eigenvalue weighted by molar-refractivity contribution is -0.274. The Morgan fingerprint density at radius 1 is 1.18 bits per heavy atom. The molecule has 1 atom stereocenters. The van der Waals surface area contributed by atoms with Crippen molar-refractivity contribution in [2.75, 3.05) is 18.5 Å². The van der Waals surface area contributed by atoms with E-state index in [4.69, 9.17) is 4.74 Å². The van der Waals surface area contributed by atoms with Crippen LogP contribution in [0.4, 0.5) is 23.0 Å². The van der Waals surface area contributed by atoms with Gasteiger partial charge in [-0.1, -0.05) is 12.1 Å². The first kappa shape index (κ1) is 24.0. The number of nitrogens with one attached hydrogen (secondary N) is 2. The Labute approximate surface area is 189 Å². The minimum Gasteiger partial charge on any atom is -0.462 e. The second kappa shape index (κ2) is 9.10. The van der Waals surface area contributed by atoms with Crippen LogP contribution in [-0.4, -0.2) is 48.2 Å². The summed E-state index contributed by atoms with van der Waals surface area (Å²) in [5.74, 6) is -2.63. The molecule has 0 unspecified atom stereocenters. The minimum atomic E-state index is -4.87. The van der Waals surface area contributed by atoms with Crippen LogP contribution in [0.2, 0.25) is 0 Å². The Bertz CT molecular complexity index is 1090. The van der Waals surface area contributed by atoms with Gasteiger partial charge in [-0.15, -0.1) is 24.5 Å². The predicted molar refractivity (Wildman–Crippen MR) is 110 cm³/mol. The molecule has 33 heavy (non-hydrogen) atoms. The lowest BCUT2D eigenvalue weighted by Crippen LogP contribution is -2.42. The molecule has 2 N–H and O–H groups in total. The zero-order valence-electron chi connectivity index (χ0n) is 17.3. The van der Waals surface area contributed by atoms with Gasteiger partial charge in [-0.05, 0) is 43.0 Å². The number of alkyl halides is 3. The van der Waals surface area contributed by atoms with Gasteiger partial charge in [0.05, 0.1) is 12.2 Å². The Balaban J connectivity index is 1.71. The Kier molecular flexibility index (Phi) is 6.63. The summed E-state index contributed by atoms with van der Waals surface area (Å²) in [6.07, 6.45) is -4.87. The number of nitrogens with zero attached hydrogens (tertiary/aromatic N) is 1. The number of esters is 1. The zero-order valence-corrected chi connectivity index (χ0v) is 18.1. The molecule has 0 spiro atoms. The number of rotatable bonds is 7. The topological polar surface area (TPSA) is 114 Å². The van der Waals surface area contributed by atoms with Crippen molar-refractivity contribution in [2.45, 2.75) is 25.7 Å². The highest BCUT2D eigenvalue weighted by atomic mass is 32.1. The first-order valence-corrected chi connectivity index (χ1v) is 10.4. The van der Waals surface area contributed by atoms with Crippen molar-refractivity contribution in [2.24, 2.45) is 0 Å². The van der Waals surface area contributed by atoms with E-state index < -0.39 is 48.0 Å². The molecule has 9 nitrogen and oxygen atoms in total. The zero-order chi connectivity index (χ0) is 24.4. The van der Waals surface area contributed by atoms with E-state index in [2.05, 4.69) is 15.4 Å². The molecule has 0 bridgehead atoms. The normalized spacial score (nSPS) is 18.2. The highest BCUT2D eigenvalue weighted by Crippen LogP contribution is 2.31. The smallest absolute Gasteiger partial charge is 0.462 e. The number of urea groups is 1. The number of benzene rings is 1. The van der Waals surface area contributed by atoms with Gasteiger partial charge in [0.25, 0.3) is 5.91 Å². The SMILES string of the molecule is CCOC(=O)c1ccsc1NC(=O)CN1C(=O)N[C@@](C)(c2ccc(OC(F)(F)F)cc2)C1=O. The summed E-state index contributed by atoms with van der Waals surface area (Å²) in [6, 6.07) is 5.05. The summed E-state index contributed by atoms with van der Waals surface area (Å²) in [5, 5.41) is 6.69. The van der Waals surface area contributed by atoms with Gasteiger partial charge in [0.2, 0.25) is 5.91 Å². The van der Waals surface area contributed by atoms with Gasteiger partial charge in [0.15, 0.2) is 0 Å². The summed E-state index contributed by atoms with van der Waals surface area (Å²) in [4.78, 5) is 50.4. The Morgan fingerprint density at radius 3 is 2.45 bits per heavy atom. The van der Waals surface area contributed by atoms with Gasteiger partial charge in [-0.3, -0.25) is 14.5 Å². The standard InChI is InChI=1S/C20H18F3N3O6S/c1-3-31-16(28)13-8-9-33-15(13)24-14(27)10-26-17(29)19(2,25-18(26)30)11-4-6-12(7-5-11)32-20(21,22)23/h4-9H,3,10H2,1-2H3,(H,24,27)(H,25,30)/t19-/m0/s1. The molecule has 1 saturated heterocycles. The van der Waals surface area contributed by atoms with E-state index in [0.29, 0.717) is 4.90 Å². The van der Waals surface area contributed by atoms with Crippen molar-refractivity contribution in [3.05, 3.63) is 46.8 Å². The number of hydrogen-bond acceptors (Lipinski definition) is 7. The van der Waals surface area contributed by atoms with Crippen molar-refractivity contribution in [1.29, 1.82) is 0 Å². The fourth-order valence-corrected chi connectivity index (χ4v) is 3.90. The maximum Gasteiger partial charge on any atom is 0.573 e. The van der Waals surface area contributed by atoms with Crippen molar-refractivity contribution >= 4 is 40.2 Å². The molecule has 1 aromatic carbocycles. The van der Waals surface area contributed by atoms with Crippen molar-refractivity contribution in [3.8, 4) is 5.75 Å². The average Bonchev–Trinajstić information content (AvgIpc) is 3.26. The number of anilines is 1. The summed E-state index contributed by atoms with van der Waals surface area (Å²) < 4.78 is 45.7. The van der Waals surface area contributed by atoms with E-state index in [-0.39, 0.29) is 22.7 Å². The molecule has 2 aromatic rings. The average molecular weight is 485 g/mol. The minimum absolute atomic E-state index is 0.137. The van der Waals surface area contributed by atoms with Crippen LogP contribution < -0.4 is 15.4 Å². The maximum absolute atomic E-state index is 12.9. The number of carbonyl (C=O) groups is 4. The Hall–Kier alpha value is -3.61. The fourth-order valence-electron chi connectivity index (χ4n) is 3.11. The largest absolute Gasteiger partial charge is 0.573 e. The maximum atomic E-state index is 12.9. The summed E-state index contributed by atoms with van der Waals surface area (Å²) in [5.41, 5.74) is -1.27. The Morgan fingerprint density at radius 2 is 1.85 bits per heavy atom. The van der Waals surface area contributed by atoms with Crippen molar-refractivity contribution in [3.63, 3.8) is 0 Å². The van der Waals surface area contributed by atoms with Crippen LogP contribution in [0.3, 0.4) is 0 Å². The predicted octanol–water partition coefficient (Wildman–Crippen LogP) is 3.23. The highest BCUT2D eigenvalue weighted by Gasteiger charge is 2.49. The number of imide groups is 1. The van der Waals surface area contributed by atoms with Crippen LogP contribution in [0, 0.1) is 0 Å². The van der Waals surface area contributed by atoms with Crippen LogP contribution in [0.1, 0.15) is 29.8 Å². The van der Waals surface area contributed by atoms with E-state index in [0.717, 1.165) is 23.5 Å². The quantitative estimate of drug-likeness (QED) is 0.460. The molecule has 0 aliphatic carbocycles. The molecule has 0 radical (unpaired) electrons. The van der Waals surface area contributed by atoms with Gasteiger partial charge in [0.1, 0.15) is 22.8 Å². The van der Waals surface area contributed by atoms with Gasteiger partial charge >= 0.3 is 18.4 Å². The summed E-state index contributed by atoms with van der Waals surface area (Å²) in [6.45, 7) is 2.50. The molecule has 1 fully saturated rings. The first-order chi connectivity index (χ1) is 15.4. The van der Waals surface area contributed by atoms with Crippen LogP contribution >= 0.6 is 11.3 Å². The van der Waals surface area contributed by atoms with Crippen LogP contribution in [-0.2, 0) is 19.9 Å². The number of amides is 4. The third kappa shape index (κ3) is 5.25. The fraction of sp³-hybridized carbons (Fsp3) is 0.300. The van der Waals surface area contributed by atoms with Gasteiger partial charge in [-0.25, -0.2) is 9.59 Å². The van der Waals surface area contributed by atoms with E-state index in [1.165, 1.54) is 25.1 Å². The molecule has 13 heteroatoms. The molecule has 0 saturated carbocycles. The summed E-state index contributed by atoms with van der Waals surface area (Å²) >= 11 is 1.06. The molecule has 1 aromatic heterocycles. The van der Waals surface area contributed by atoms with Gasteiger partial charge in [0, 0.05) is 0 Å². The van der Waals surface area contributed by atoms with E-state index >= 15 is 0 Å². The number of carbonyl (C=O) groups excluding carboxylic acids is 4. The summed E-state index contributed by atoms with van der Waals surface area (Å²) in [7, 11) is 0. The number of hydrogen-bond donors (Lipinski definition) is 2. The molecule has 3 rings (SSSR count). The van der Waals surface area contributed by atoms with Gasteiger partial charge in [-0.2, -0.15) is 0 Å². The number of ether oxygens (including phenoxy) is 2. The van der Waals surface area contributed by atoms with Crippen molar-refractivity contribution < 1.29 is 41.8 Å². The molecular formula is C20H18F3N3O6S. The first-order valence-electron chi connectivity index (χ1n) is 9.49. The monoisotopic (exact) mass is 485 g/mol. The van der Waals surface area contributed by atoms with E-state index in [1.54, 1.807) is 12.3 Å². The lowest BCUT2D eigenvalue weighted by atomic mass is 9.92. The van der Waals surface area contributed by atoms with Crippen LogP contribution in [0.5, 0.6) is 5.75 Å². The van der Waals surface area contributed by atoms with Gasteiger partial charge < -0.3 is 20.1 Å². The van der Waals surface area contributed by atoms with Crippen LogP contribution in [0.25, 0.3) is 0 Å². The third-order valence-electron chi connectivity index (χ3n) is 4.66. The number of halogens is 3. The molecule has 2 heterocycles. The molecular weight excluding hydrogens is 467 g/mol. The molecule has 1 aliphatic heterocycles.